The van der Waals surface area contributed by atoms with Crippen LogP contribution in [0, 0.1) is 15.9 Å². The zero-order valence-electron chi connectivity index (χ0n) is 10.5. The van der Waals surface area contributed by atoms with Crippen molar-refractivity contribution >= 4 is 33.4 Å². The third-order valence-electron chi connectivity index (χ3n) is 1.85. The first kappa shape index (κ1) is 15.4. The largest absolute Gasteiger partial charge is 0.444 e. The fraction of sp³-hybridized carbons (Fsp3) is 0.364. The molecule has 0 aliphatic heterocycles. The first-order valence-electron chi connectivity index (χ1n) is 5.23. The Morgan fingerprint density at radius 3 is 2.53 bits per heavy atom. The van der Waals surface area contributed by atoms with Crippen LogP contribution in [-0.4, -0.2) is 16.6 Å². The molecule has 0 bridgehead atoms. The Labute approximate surface area is 117 Å². The summed E-state index contributed by atoms with van der Waals surface area (Å²) in [6.07, 6.45) is -0.895. The van der Waals surface area contributed by atoms with Gasteiger partial charge in [0.2, 0.25) is 0 Å². The summed E-state index contributed by atoms with van der Waals surface area (Å²) in [6.45, 7) is 4.92. The molecule has 0 saturated carbocycles. The fourth-order valence-corrected chi connectivity index (χ4v) is 1.84. The third-order valence-corrected chi connectivity index (χ3v) is 2.45. The molecule has 1 N–H and O–H groups in total. The second kappa shape index (κ2) is 5.52. The van der Waals surface area contributed by atoms with Crippen LogP contribution < -0.4 is 5.32 Å². The quantitative estimate of drug-likeness (QED) is 0.657. The number of carbonyl (C=O) groups is 1. The number of nitrogens with zero attached hydrogens (tertiary/aromatic N) is 1. The second-order valence-corrected chi connectivity index (χ2v) is 5.52. The van der Waals surface area contributed by atoms with Crippen molar-refractivity contribution in [1.29, 1.82) is 0 Å². The molecule has 19 heavy (non-hydrogen) atoms. The van der Waals surface area contributed by atoms with E-state index < -0.39 is 28.1 Å². The fourth-order valence-electron chi connectivity index (χ4n) is 1.26. The van der Waals surface area contributed by atoms with Gasteiger partial charge in [-0.05, 0) is 42.8 Å². The maximum absolute atomic E-state index is 13.2. The van der Waals surface area contributed by atoms with Gasteiger partial charge in [-0.3, -0.25) is 15.4 Å². The van der Waals surface area contributed by atoms with E-state index in [4.69, 9.17) is 4.74 Å². The molecule has 8 heteroatoms. The standard InChI is InChI=1S/C11H12BrFN2O4/c1-11(2,3)19-10(16)14-8-5-6(13)4-7(12)9(8)15(17)18/h4-5H,1-3H3,(H,14,16). The van der Waals surface area contributed by atoms with Gasteiger partial charge in [-0.15, -0.1) is 0 Å². The lowest BCUT2D eigenvalue weighted by atomic mass is 10.2. The van der Waals surface area contributed by atoms with Crippen molar-refractivity contribution in [3.8, 4) is 0 Å². The van der Waals surface area contributed by atoms with Gasteiger partial charge in [0, 0.05) is 6.07 Å². The molecule has 0 aliphatic carbocycles. The normalized spacial score (nSPS) is 11.0. The average molecular weight is 335 g/mol. The predicted octanol–water partition coefficient (Wildman–Crippen LogP) is 3.84. The molecule has 1 rings (SSSR count). The predicted molar refractivity (Wildman–Crippen MR) is 70.6 cm³/mol. The zero-order valence-corrected chi connectivity index (χ0v) is 12.1. The molecule has 6 nitrogen and oxygen atoms in total. The minimum atomic E-state index is -0.895. The SMILES string of the molecule is CC(C)(C)OC(=O)Nc1cc(F)cc(Br)c1[N+](=O)[O-]. The first-order valence-corrected chi connectivity index (χ1v) is 6.03. The Hall–Kier alpha value is -1.70. The highest BCUT2D eigenvalue weighted by Crippen LogP contribution is 2.34. The lowest BCUT2D eigenvalue weighted by Crippen LogP contribution is -2.27. The van der Waals surface area contributed by atoms with E-state index in [2.05, 4.69) is 21.2 Å². The van der Waals surface area contributed by atoms with Gasteiger partial charge in [0.05, 0.1) is 4.92 Å². The minimum absolute atomic E-state index is 0.0661. The van der Waals surface area contributed by atoms with E-state index in [9.17, 15) is 19.3 Å². The number of amides is 1. The van der Waals surface area contributed by atoms with Gasteiger partial charge in [0.15, 0.2) is 0 Å². The summed E-state index contributed by atoms with van der Waals surface area (Å²) in [5.74, 6) is -0.719. The summed E-state index contributed by atoms with van der Waals surface area (Å²) in [4.78, 5) is 21.7. The monoisotopic (exact) mass is 334 g/mol. The number of nitro benzene ring substituents is 1. The molecule has 0 fully saturated rings. The van der Waals surface area contributed by atoms with E-state index in [0.717, 1.165) is 12.1 Å². The average Bonchev–Trinajstić information content (AvgIpc) is 2.10. The Bertz CT molecular complexity index is 528. The third kappa shape index (κ3) is 4.47. The van der Waals surface area contributed by atoms with Crippen LogP contribution in [0.3, 0.4) is 0 Å². The Morgan fingerprint density at radius 1 is 1.47 bits per heavy atom. The van der Waals surface area contributed by atoms with Crippen LogP contribution in [0.25, 0.3) is 0 Å². The molecule has 0 heterocycles. The number of halogens is 2. The number of benzene rings is 1. The number of carbonyl (C=O) groups excluding carboxylic acids is 1. The molecule has 0 saturated heterocycles. The van der Waals surface area contributed by atoms with E-state index in [-0.39, 0.29) is 10.2 Å². The molecule has 0 unspecified atom stereocenters. The Kier molecular flexibility index (Phi) is 4.46. The lowest BCUT2D eigenvalue weighted by Gasteiger charge is -2.19. The summed E-state index contributed by atoms with van der Waals surface area (Å²) in [6, 6.07) is 1.80. The van der Waals surface area contributed by atoms with Crippen molar-refractivity contribution in [2.45, 2.75) is 26.4 Å². The summed E-state index contributed by atoms with van der Waals surface area (Å²) >= 11 is 2.88. The Morgan fingerprint density at radius 2 is 2.05 bits per heavy atom. The van der Waals surface area contributed by atoms with Crippen molar-refractivity contribution in [1.82, 2.24) is 0 Å². The lowest BCUT2D eigenvalue weighted by molar-refractivity contribution is -0.384. The summed E-state index contributed by atoms with van der Waals surface area (Å²) in [7, 11) is 0. The van der Waals surface area contributed by atoms with E-state index in [1.165, 1.54) is 0 Å². The molecule has 0 atom stereocenters. The Balaban J connectivity index is 3.07. The molecule has 1 aromatic carbocycles. The number of hydrogen-bond acceptors (Lipinski definition) is 4. The number of ether oxygens (including phenoxy) is 1. The number of hydrogen-bond donors (Lipinski definition) is 1. The zero-order chi connectivity index (χ0) is 14.8. The van der Waals surface area contributed by atoms with Crippen LogP contribution in [0.5, 0.6) is 0 Å². The summed E-state index contributed by atoms with van der Waals surface area (Å²) in [5, 5.41) is 13.0. The molecular weight excluding hydrogens is 323 g/mol. The van der Waals surface area contributed by atoms with Gasteiger partial charge in [-0.1, -0.05) is 0 Å². The van der Waals surface area contributed by atoms with E-state index >= 15 is 0 Å². The number of nitro groups is 1. The van der Waals surface area contributed by atoms with Gasteiger partial charge < -0.3 is 4.74 Å². The van der Waals surface area contributed by atoms with E-state index in [1.807, 2.05) is 0 Å². The van der Waals surface area contributed by atoms with E-state index in [0.29, 0.717) is 0 Å². The smallest absolute Gasteiger partial charge is 0.412 e. The van der Waals surface area contributed by atoms with Gasteiger partial charge in [-0.2, -0.15) is 0 Å². The van der Waals surface area contributed by atoms with Crippen LogP contribution in [0.2, 0.25) is 0 Å². The van der Waals surface area contributed by atoms with Crippen LogP contribution in [0.1, 0.15) is 20.8 Å². The van der Waals surface area contributed by atoms with Crippen LogP contribution >= 0.6 is 15.9 Å². The number of rotatable bonds is 2. The maximum Gasteiger partial charge on any atom is 0.412 e. The molecular formula is C11H12BrFN2O4. The summed E-state index contributed by atoms with van der Waals surface area (Å²) < 4.78 is 18.1. The van der Waals surface area contributed by atoms with E-state index in [1.54, 1.807) is 20.8 Å². The van der Waals surface area contributed by atoms with Crippen molar-refractivity contribution in [3.05, 3.63) is 32.5 Å². The van der Waals surface area contributed by atoms with Gasteiger partial charge in [0.25, 0.3) is 0 Å². The maximum atomic E-state index is 13.2. The van der Waals surface area contributed by atoms with Crippen molar-refractivity contribution in [2.75, 3.05) is 5.32 Å². The van der Waals surface area contributed by atoms with Crippen LogP contribution in [0.15, 0.2) is 16.6 Å². The molecule has 104 valence electrons. The highest BCUT2D eigenvalue weighted by atomic mass is 79.9. The van der Waals surface area contributed by atoms with Gasteiger partial charge in [-0.25, -0.2) is 9.18 Å². The van der Waals surface area contributed by atoms with Crippen LogP contribution in [-0.2, 0) is 4.74 Å². The van der Waals surface area contributed by atoms with Crippen molar-refractivity contribution in [2.24, 2.45) is 0 Å². The topological polar surface area (TPSA) is 81.5 Å². The molecule has 1 aromatic rings. The molecule has 0 aromatic heterocycles. The first-order chi connectivity index (χ1) is 8.60. The summed E-state index contributed by atoms with van der Waals surface area (Å²) in [5.41, 5.74) is -1.47. The van der Waals surface area contributed by atoms with Crippen LogP contribution in [0.4, 0.5) is 20.6 Å². The molecule has 0 aliphatic rings. The highest BCUT2D eigenvalue weighted by molar-refractivity contribution is 9.10. The molecule has 0 radical (unpaired) electrons. The van der Waals surface area contributed by atoms with Gasteiger partial charge >= 0.3 is 11.8 Å². The van der Waals surface area contributed by atoms with Crippen molar-refractivity contribution < 1.29 is 18.8 Å². The van der Waals surface area contributed by atoms with Crippen molar-refractivity contribution in [3.63, 3.8) is 0 Å². The minimum Gasteiger partial charge on any atom is -0.444 e. The van der Waals surface area contributed by atoms with Gasteiger partial charge in [0.1, 0.15) is 21.6 Å². The highest BCUT2D eigenvalue weighted by Gasteiger charge is 2.24. The molecule has 0 spiro atoms. The molecule has 1 amide bonds. The number of nitrogens with one attached hydrogen (secondary N) is 1. The number of anilines is 1. The second-order valence-electron chi connectivity index (χ2n) is 4.67.